The molecule has 0 unspecified atom stereocenters. The van der Waals surface area contributed by atoms with Gasteiger partial charge in [0.25, 0.3) is 0 Å². The molecule has 1 fully saturated rings. The Hall–Kier alpha value is -1.31. The van der Waals surface area contributed by atoms with Crippen molar-refractivity contribution in [2.75, 3.05) is 5.32 Å². The SMILES string of the molecule is O=C(CC1CCCC1)Nc1ccccc1. The van der Waals surface area contributed by atoms with E-state index in [1.807, 2.05) is 30.3 Å². The first-order valence-electron chi connectivity index (χ1n) is 5.69. The van der Waals surface area contributed by atoms with Gasteiger partial charge in [-0.05, 0) is 30.9 Å². The number of carbonyl (C=O) groups excluding carboxylic acids is 1. The molecule has 0 heterocycles. The fourth-order valence-corrected chi connectivity index (χ4v) is 2.21. The monoisotopic (exact) mass is 203 g/mol. The van der Waals surface area contributed by atoms with Crippen LogP contribution in [0.1, 0.15) is 32.1 Å². The van der Waals surface area contributed by atoms with Crippen LogP contribution in [0.2, 0.25) is 0 Å². The van der Waals surface area contributed by atoms with Crippen LogP contribution < -0.4 is 5.32 Å². The van der Waals surface area contributed by atoms with Gasteiger partial charge in [-0.15, -0.1) is 0 Å². The van der Waals surface area contributed by atoms with Crippen molar-refractivity contribution in [3.8, 4) is 0 Å². The summed E-state index contributed by atoms with van der Waals surface area (Å²) in [4.78, 5) is 11.7. The normalized spacial score (nSPS) is 16.5. The Morgan fingerprint density at radius 1 is 1.20 bits per heavy atom. The maximum Gasteiger partial charge on any atom is 0.224 e. The number of amides is 1. The number of hydrogen-bond acceptors (Lipinski definition) is 1. The van der Waals surface area contributed by atoms with Gasteiger partial charge in [-0.2, -0.15) is 0 Å². The van der Waals surface area contributed by atoms with Gasteiger partial charge in [0.15, 0.2) is 0 Å². The predicted octanol–water partition coefficient (Wildman–Crippen LogP) is 3.21. The molecule has 0 saturated heterocycles. The Balaban J connectivity index is 1.82. The number of rotatable bonds is 3. The first kappa shape index (κ1) is 10.2. The Bertz CT molecular complexity index is 315. The maximum absolute atomic E-state index is 11.7. The van der Waals surface area contributed by atoms with E-state index >= 15 is 0 Å². The zero-order valence-corrected chi connectivity index (χ0v) is 8.91. The minimum Gasteiger partial charge on any atom is -0.326 e. The molecule has 1 aliphatic carbocycles. The zero-order chi connectivity index (χ0) is 10.5. The van der Waals surface area contributed by atoms with Crippen molar-refractivity contribution in [2.24, 2.45) is 5.92 Å². The van der Waals surface area contributed by atoms with E-state index in [0.29, 0.717) is 12.3 Å². The highest BCUT2D eigenvalue weighted by molar-refractivity contribution is 5.90. The molecule has 15 heavy (non-hydrogen) atoms. The van der Waals surface area contributed by atoms with Crippen molar-refractivity contribution in [2.45, 2.75) is 32.1 Å². The standard InChI is InChI=1S/C13H17NO/c15-13(10-11-6-4-5-7-11)14-12-8-2-1-3-9-12/h1-3,8-9,11H,4-7,10H2,(H,14,15). The lowest BCUT2D eigenvalue weighted by Crippen LogP contribution is -2.14. The van der Waals surface area contributed by atoms with Gasteiger partial charge in [0, 0.05) is 12.1 Å². The molecule has 1 aliphatic rings. The molecule has 1 amide bonds. The summed E-state index contributed by atoms with van der Waals surface area (Å²) in [7, 11) is 0. The van der Waals surface area contributed by atoms with Crippen molar-refractivity contribution in [1.29, 1.82) is 0 Å². The van der Waals surface area contributed by atoms with Gasteiger partial charge in [0.05, 0.1) is 0 Å². The summed E-state index contributed by atoms with van der Waals surface area (Å²) in [6, 6.07) is 9.67. The first-order chi connectivity index (χ1) is 7.34. The Morgan fingerprint density at radius 2 is 1.87 bits per heavy atom. The lowest BCUT2D eigenvalue weighted by molar-refractivity contribution is -0.117. The van der Waals surface area contributed by atoms with Crippen LogP contribution in [0.4, 0.5) is 5.69 Å². The van der Waals surface area contributed by atoms with Crippen LogP contribution in [0, 0.1) is 5.92 Å². The van der Waals surface area contributed by atoms with Crippen molar-refractivity contribution < 1.29 is 4.79 Å². The summed E-state index contributed by atoms with van der Waals surface area (Å²) in [6.07, 6.45) is 5.73. The molecule has 2 heteroatoms. The summed E-state index contributed by atoms with van der Waals surface area (Å²) in [6.45, 7) is 0. The Morgan fingerprint density at radius 3 is 2.53 bits per heavy atom. The van der Waals surface area contributed by atoms with Gasteiger partial charge in [-0.25, -0.2) is 0 Å². The fourth-order valence-electron chi connectivity index (χ4n) is 2.21. The molecule has 0 radical (unpaired) electrons. The molecule has 0 atom stereocenters. The van der Waals surface area contributed by atoms with Gasteiger partial charge in [-0.1, -0.05) is 31.0 Å². The topological polar surface area (TPSA) is 29.1 Å². The fraction of sp³-hybridized carbons (Fsp3) is 0.462. The summed E-state index contributed by atoms with van der Waals surface area (Å²) in [5, 5.41) is 2.93. The van der Waals surface area contributed by atoms with E-state index in [-0.39, 0.29) is 5.91 Å². The van der Waals surface area contributed by atoms with Crippen molar-refractivity contribution in [1.82, 2.24) is 0 Å². The lowest BCUT2D eigenvalue weighted by Gasteiger charge is -2.09. The van der Waals surface area contributed by atoms with Crippen LogP contribution in [0.15, 0.2) is 30.3 Å². The second-order valence-corrected chi connectivity index (χ2v) is 4.27. The molecular weight excluding hydrogens is 186 g/mol. The average molecular weight is 203 g/mol. The van der Waals surface area contributed by atoms with E-state index in [1.165, 1.54) is 25.7 Å². The number of benzene rings is 1. The van der Waals surface area contributed by atoms with Crippen LogP contribution in [0.25, 0.3) is 0 Å². The van der Waals surface area contributed by atoms with Crippen LogP contribution >= 0.6 is 0 Å². The zero-order valence-electron chi connectivity index (χ0n) is 8.91. The third-order valence-corrected chi connectivity index (χ3v) is 3.01. The third-order valence-electron chi connectivity index (χ3n) is 3.01. The number of hydrogen-bond donors (Lipinski definition) is 1. The van der Waals surface area contributed by atoms with Gasteiger partial charge in [0.1, 0.15) is 0 Å². The quantitative estimate of drug-likeness (QED) is 0.803. The molecule has 0 aromatic heterocycles. The predicted molar refractivity (Wildman–Crippen MR) is 61.6 cm³/mol. The van der Waals surface area contributed by atoms with Crippen LogP contribution in [0.3, 0.4) is 0 Å². The summed E-state index contributed by atoms with van der Waals surface area (Å²) < 4.78 is 0. The smallest absolute Gasteiger partial charge is 0.224 e. The van der Waals surface area contributed by atoms with Crippen LogP contribution in [0.5, 0.6) is 0 Å². The molecule has 0 aliphatic heterocycles. The number of nitrogens with one attached hydrogen (secondary N) is 1. The largest absolute Gasteiger partial charge is 0.326 e. The molecule has 1 N–H and O–H groups in total. The lowest BCUT2D eigenvalue weighted by atomic mass is 10.0. The van der Waals surface area contributed by atoms with E-state index < -0.39 is 0 Å². The second kappa shape index (κ2) is 4.96. The minimum absolute atomic E-state index is 0.160. The number of para-hydroxylation sites is 1. The molecule has 2 rings (SSSR count). The molecule has 0 spiro atoms. The Kier molecular flexibility index (Phi) is 3.38. The van der Waals surface area contributed by atoms with E-state index in [2.05, 4.69) is 5.32 Å². The average Bonchev–Trinajstić information content (AvgIpc) is 2.71. The summed E-state index contributed by atoms with van der Waals surface area (Å²) in [5.74, 6) is 0.779. The maximum atomic E-state index is 11.7. The van der Waals surface area contributed by atoms with Crippen LogP contribution in [-0.2, 0) is 4.79 Å². The molecule has 0 bridgehead atoms. The highest BCUT2D eigenvalue weighted by Crippen LogP contribution is 2.27. The van der Waals surface area contributed by atoms with Gasteiger partial charge in [0.2, 0.25) is 5.91 Å². The van der Waals surface area contributed by atoms with Crippen molar-refractivity contribution in [3.63, 3.8) is 0 Å². The summed E-state index contributed by atoms with van der Waals surface area (Å²) >= 11 is 0. The van der Waals surface area contributed by atoms with E-state index in [1.54, 1.807) is 0 Å². The second-order valence-electron chi connectivity index (χ2n) is 4.27. The highest BCUT2D eigenvalue weighted by atomic mass is 16.1. The summed E-state index contributed by atoms with van der Waals surface area (Å²) in [5.41, 5.74) is 0.903. The molecule has 1 aromatic rings. The molecule has 1 aromatic carbocycles. The van der Waals surface area contributed by atoms with Gasteiger partial charge < -0.3 is 5.32 Å². The van der Waals surface area contributed by atoms with E-state index in [9.17, 15) is 4.79 Å². The highest BCUT2D eigenvalue weighted by Gasteiger charge is 2.18. The Labute approximate surface area is 90.7 Å². The minimum atomic E-state index is 0.160. The van der Waals surface area contributed by atoms with Crippen molar-refractivity contribution in [3.05, 3.63) is 30.3 Å². The number of carbonyl (C=O) groups is 1. The molecule has 2 nitrogen and oxygen atoms in total. The van der Waals surface area contributed by atoms with E-state index in [0.717, 1.165) is 5.69 Å². The molecular formula is C13H17NO. The van der Waals surface area contributed by atoms with E-state index in [4.69, 9.17) is 0 Å². The van der Waals surface area contributed by atoms with Crippen LogP contribution in [-0.4, -0.2) is 5.91 Å². The molecule has 80 valence electrons. The molecule has 1 saturated carbocycles. The first-order valence-corrected chi connectivity index (χ1v) is 5.69. The van der Waals surface area contributed by atoms with Gasteiger partial charge in [-0.3, -0.25) is 4.79 Å². The third kappa shape index (κ3) is 3.08. The van der Waals surface area contributed by atoms with Gasteiger partial charge >= 0.3 is 0 Å². The van der Waals surface area contributed by atoms with Crippen molar-refractivity contribution >= 4 is 11.6 Å². The number of anilines is 1.